The lowest BCUT2D eigenvalue weighted by Crippen LogP contribution is -2.27. The average Bonchev–Trinajstić information content (AvgIpc) is 2.91. The number of rotatable bonds is 5. The lowest BCUT2D eigenvalue weighted by atomic mass is 9.98. The summed E-state index contributed by atoms with van der Waals surface area (Å²) in [7, 11) is 2.09. The van der Waals surface area contributed by atoms with Gasteiger partial charge in [-0.2, -0.15) is 0 Å². The van der Waals surface area contributed by atoms with E-state index in [2.05, 4.69) is 54.8 Å². The fourth-order valence-electron chi connectivity index (χ4n) is 3.38. The van der Waals surface area contributed by atoms with Crippen LogP contribution in [0.25, 0.3) is 16.5 Å². The summed E-state index contributed by atoms with van der Waals surface area (Å²) < 4.78 is 2.18. The molecule has 0 fully saturated rings. The van der Waals surface area contributed by atoms with E-state index in [-0.39, 0.29) is 0 Å². The monoisotopic (exact) mass is 313 g/mol. The summed E-state index contributed by atoms with van der Waals surface area (Å²) in [6.07, 6.45) is 6.60. The molecule has 1 aliphatic rings. The number of hydroxylamine groups is 1. The second kappa shape index (κ2) is 6.77. The Balaban J connectivity index is 2.00. The van der Waals surface area contributed by atoms with Gasteiger partial charge in [0.15, 0.2) is 0 Å². The lowest BCUT2D eigenvalue weighted by molar-refractivity contribution is 0.254. The number of aryl methyl sites for hydroxylation is 1. The van der Waals surface area contributed by atoms with E-state index in [1.54, 1.807) is 0 Å². The number of nitrogens with zero attached hydrogens (tertiary/aromatic N) is 3. The first-order chi connectivity index (χ1) is 11.1. The summed E-state index contributed by atoms with van der Waals surface area (Å²) in [6, 6.07) is 6.22. The number of hydrogen-bond acceptors (Lipinski definition) is 3. The number of anilines is 1. The quantitative estimate of drug-likeness (QED) is 0.850. The van der Waals surface area contributed by atoms with E-state index in [0.29, 0.717) is 6.54 Å². The molecule has 0 spiro atoms. The Bertz CT molecular complexity index is 717. The Kier molecular flexibility index (Phi) is 4.74. The van der Waals surface area contributed by atoms with E-state index in [4.69, 9.17) is 0 Å². The zero-order chi connectivity index (χ0) is 16.4. The van der Waals surface area contributed by atoms with Gasteiger partial charge in [0, 0.05) is 49.3 Å². The van der Waals surface area contributed by atoms with Gasteiger partial charge in [0.25, 0.3) is 0 Å². The Hall–Kier alpha value is -1.78. The number of likely N-dealkylation sites (N-methyl/N-ethyl adjacent to an activating group) is 1. The summed E-state index contributed by atoms with van der Waals surface area (Å²) in [5.41, 5.74) is 4.83. The van der Waals surface area contributed by atoms with Crippen molar-refractivity contribution in [3.05, 3.63) is 36.0 Å². The first-order valence-corrected chi connectivity index (χ1v) is 8.61. The normalized spacial score (nSPS) is 15.9. The summed E-state index contributed by atoms with van der Waals surface area (Å²) in [5, 5.41) is 12.7. The molecule has 0 unspecified atom stereocenters. The SMILES string of the molecule is CCCN(O)c1ccc2c(c1)c(C1=CCN(CC)CC1)cn2C. The minimum Gasteiger partial charge on any atom is -0.350 e. The molecule has 0 bridgehead atoms. The molecular formula is C19H27N3O. The molecule has 0 radical (unpaired) electrons. The van der Waals surface area contributed by atoms with Gasteiger partial charge >= 0.3 is 0 Å². The topological polar surface area (TPSA) is 31.6 Å². The van der Waals surface area contributed by atoms with Gasteiger partial charge in [0.2, 0.25) is 0 Å². The summed E-state index contributed by atoms with van der Waals surface area (Å²) >= 11 is 0. The van der Waals surface area contributed by atoms with Crippen LogP contribution >= 0.6 is 0 Å². The summed E-state index contributed by atoms with van der Waals surface area (Å²) in [6.45, 7) is 8.21. The van der Waals surface area contributed by atoms with Crippen LogP contribution in [0.3, 0.4) is 0 Å². The van der Waals surface area contributed by atoms with Gasteiger partial charge in [-0.1, -0.05) is 19.9 Å². The molecule has 4 heteroatoms. The molecular weight excluding hydrogens is 286 g/mol. The third-order valence-corrected chi connectivity index (χ3v) is 4.79. The molecule has 0 amide bonds. The molecule has 2 aromatic rings. The standard InChI is InChI=1S/C19H27N3O/c1-4-10-22(23)16-6-7-19-17(13-16)18(14-20(19)3)15-8-11-21(5-2)12-9-15/h6-8,13-14,23H,4-5,9-12H2,1-3H3. The first kappa shape index (κ1) is 16.1. The van der Waals surface area contributed by atoms with Crippen LogP contribution in [-0.4, -0.2) is 40.9 Å². The van der Waals surface area contributed by atoms with E-state index >= 15 is 0 Å². The predicted octanol–water partition coefficient (Wildman–Crippen LogP) is 3.89. The Morgan fingerprint density at radius 1 is 1.26 bits per heavy atom. The van der Waals surface area contributed by atoms with Crippen LogP contribution in [0, 0.1) is 0 Å². The minimum absolute atomic E-state index is 0.655. The molecule has 0 saturated carbocycles. The molecule has 4 nitrogen and oxygen atoms in total. The smallest absolute Gasteiger partial charge is 0.0641 e. The molecule has 0 atom stereocenters. The van der Waals surface area contributed by atoms with Gasteiger partial charge in [0.05, 0.1) is 5.69 Å². The molecule has 0 aliphatic carbocycles. The van der Waals surface area contributed by atoms with E-state index in [1.165, 1.54) is 27.1 Å². The zero-order valence-electron chi connectivity index (χ0n) is 14.4. The van der Waals surface area contributed by atoms with E-state index in [0.717, 1.165) is 38.2 Å². The van der Waals surface area contributed by atoms with Crippen molar-refractivity contribution in [1.29, 1.82) is 0 Å². The number of benzene rings is 1. The Morgan fingerprint density at radius 3 is 2.74 bits per heavy atom. The second-order valence-corrected chi connectivity index (χ2v) is 6.35. The first-order valence-electron chi connectivity index (χ1n) is 8.61. The molecule has 23 heavy (non-hydrogen) atoms. The van der Waals surface area contributed by atoms with Crippen molar-refractivity contribution in [2.24, 2.45) is 7.05 Å². The van der Waals surface area contributed by atoms with E-state index in [9.17, 15) is 5.21 Å². The van der Waals surface area contributed by atoms with Crippen LogP contribution < -0.4 is 5.06 Å². The minimum atomic E-state index is 0.655. The summed E-state index contributed by atoms with van der Waals surface area (Å²) in [4.78, 5) is 2.46. The molecule has 0 saturated heterocycles. The average molecular weight is 313 g/mol. The van der Waals surface area contributed by atoms with Crippen molar-refractivity contribution in [1.82, 2.24) is 9.47 Å². The van der Waals surface area contributed by atoms with Crippen LogP contribution in [0.15, 0.2) is 30.5 Å². The maximum absolute atomic E-state index is 10.2. The van der Waals surface area contributed by atoms with Crippen molar-refractivity contribution in [2.45, 2.75) is 26.7 Å². The molecule has 124 valence electrons. The van der Waals surface area contributed by atoms with Crippen LogP contribution in [0.5, 0.6) is 0 Å². The highest BCUT2D eigenvalue weighted by molar-refractivity contribution is 5.95. The van der Waals surface area contributed by atoms with Crippen LogP contribution in [0.2, 0.25) is 0 Å². The van der Waals surface area contributed by atoms with Crippen molar-refractivity contribution < 1.29 is 5.21 Å². The van der Waals surface area contributed by atoms with Crippen LogP contribution in [0.1, 0.15) is 32.3 Å². The van der Waals surface area contributed by atoms with Gasteiger partial charge < -0.3 is 4.57 Å². The number of fused-ring (bicyclic) bond motifs is 1. The highest BCUT2D eigenvalue weighted by Crippen LogP contribution is 2.32. The van der Waals surface area contributed by atoms with Gasteiger partial charge in [-0.05, 0) is 43.2 Å². The van der Waals surface area contributed by atoms with E-state index in [1.807, 2.05) is 6.07 Å². The predicted molar refractivity (Wildman–Crippen MR) is 97.1 cm³/mol. The molecule has 1 aliphatic heterocycles. The van der Waals surface area contributed by atoms with Gasteiger partial charge in [0.1, 0.15) is 0 Å². The largest absolute Gasteiger partial charge is 0.350 e. The van der Waals surface area contributed by atoms with Gasteiger partial charge in [-0.25, -0.2) is 0 Å². The van der Waals surface area contributed by atoms with Gasteiger partial charge in [-0.3, -0.25) is 15.2 Å². The number of hydrogen-bond donors (Lipinski definition) is 1. The van der Waals surface area contributed by atoms with Crippen molar-refractivity contribution in [3.8, 4) is 0 Å². The lowest BCUT2D eigenvalue weighted by Gasteiger charge is -2.24. The second-order valence-electron chi connectivity index (χ2n) is 6.35. The number of aromatic nitrogens is 1. The zero-order valence-corrected chi connectivity index (χ0v) is 14.4. The Morgan fingerprint density at radius 2 is 2.09 bits per heavy atom. The fourth-order valence-corrected chi connectivity index (χ4v) is 3.38. The molecule has 1 aromatic heterocycles. The molecule has 3 rings (SSSR count). The Labute approximate surface area is 138 Å². The summed E-state index contributed by atoms with van der Waals surface area (Å²) in [5.74, 6) is 0. The van der Waals surface area contributed by atoms with Crippen LogP contribution in [0.4, 0.5) is 5.69 Å². The van der Waals surface area contributed by atoms with Crippen LogP contribution in [-0.2, 0) is 7.05 Å². The molecule has 1 N–H and O–H groups in total. The third-order valence-electron chi connectivity index (χ3n) is 4.79. The van der Waals surface area contributed by atoms with Crippen molar-refractivity contribution in [3.63, 3.8) is 0 Å². The highest BCUT2D eigenvalue weighted by atomic mass is 16.5. The maximum Gasteiger partial charge on any atom is 0.0641 e. The maximum atomic E-state index is 10.2. The van der Waals surface area contributed by atoms with Crippen molar-refractivity contribution in [2.75, 3.05) is 31.2 Å². The van der Waals surface area contributed by atoms with Crippen molar-refractivity contribution >= 4 is 22.2 Å². The molecule has 2 heterocycles. The van der Waals surface area contributed by atoms with Gasteiger partial charge in [-0.15, -0.1) is 0 Å². The third kappa shape index (κ3) is 3.14. The van der Waals surface area contributed by atoms with E-state index < -0.39 is 0 Å². The highest BCUT2D eigenvalue weighted by Gasteiger charge is 2.16. The molecule has 1 aromatic carbocycles. The fraction of sp³-hybridized carbons (Fsp3) is 0.474.